The molecule has 1 heterocycles. The lowest BCUT2D eigenvalue weighted by molar-refractivity contribution is 0.0305. The molecule has 4 rings (SSSR count). The lowest BCUT2D eigenvalue weighted by Gasteiger charge is -2.43. The minimum absolute atomic E-state index is 0. The van der Waals surface area contributed by atoms with Gasteiger partial charge in [-0.1, -0.05) is 56.3 Å². The van der Waals surface area contributed by atoms with Gasteiger partial charge in [-0.15, -0.1) is 12.4 Å². The van der Waals surface area contributed by atoms with Crippen molar-refractivity contribution in [3.63, 3.8) is 0 Å². The van der Waals surface area contributed by atoms with Crippen LogP contribution in [0.5, 0.6) is 0 Å². The third-order valence-electron chi connectivity index (χ3n) is 5.80. The monoisotopic (exact) mass is 372 g/mol. The van der Waals surface area contributed by atoms with E-state index >= 15 is 0 Å². The minimum Gasteiger partial charge on any atom is -0.396 e. The molecule has 0 radical (unpaired) electrons. The Labute approximate surface area is 162 Å². The fraction of sp³-hybridized carbons (Fsp3) is 0.455. The molecule has 2 N–H and O–H groups in total. The first-order chi connectivity index (χ1) is 12.1. The molecule has 140 valence electrons. The third kappa shape index (κ3) is 3.41. The van der Waals surface area contributed by atoms with Crippen molar-refractivity contribution < 1.29 is 5.11 Å². The Hall–Kier alpha value is -1.39. The molecule has 26 heavy (non-hydrogen) atoms. The van der Waals surface area contributed by atoms with Crippen LogP contribution in [0.2, 0.25) is 0 Å². The van der Waals surface area contributed by atoms with Crippen molar-refractivity contribution in [3.05, 3.63) is 59.2 Å². The molecular formula is C22H29ClN2O. The van der Waals surface area contributed by atoms with Crippen molar-refractivity contribution in [1.29, 1.82) is 0 Å². The third-order valence-corrected chi connectivity index (χ3v) is 5.80. The van der Waals surface area contributed by atoms with Crippen LogP contribution in [0.15, 0.2) is 42.5 Å². The average molecular weight is 373 g/mol. The van der Waals surface area contributed by atoms with Crippen molar-refractivity contribution in [2.24, 2.45) is 5.41 Å². The highest BCUT2D eigenvalue weighted by Crippen LogP contribution is 2.42. The summed E-state index contributed by atoms with van der Waals surface area (Å²) in [5.74, 6) is 0. The number of rotatable bonds is 4. The quantitative estimate of drug-likeness (QED) is 0.733. The minimum atomic E-state index is -0.170. The molecule has 0 saturated carbocycles. The van der Waals surface area contributed by atoms with Gasteiger partial charge in [0.2, 0.25) is 0 Å². The highest BCUT2D eigenvalue weighted by Gasteiger charge is 2.36. The van der Waals surface area contributed by atoms with Crippen LogP contribution in [0.25, 0.3) is 11.1 Å². The standard InChI is InChI=1S/C22H28N2O.ClH/c1-22(2,15-25)21(24-11-9-23-10-12-24)17-7-8-20-18(14-17)13-16-5-3-4-6-19(16)20;/h3-8,14,21,23,25H,9-13,15H2,1-2H3;1H/t21-;/m0./s1. The first-order valence-corrected chi connectivity index (χ1v) is 9.37. The van der Waals surface area contributed by atoms with Gasteiger partial charge in [-0.3, -0.25) is 4.90 Å². The summed E-state index contributed by atoms with van der Waals surface area (Å²) >= 11 is 0. The maximum atomic E-state index is 10.0. The number of aliphatic hydroxyl groups excluding tert-OH is 1. The number of hydrogen-bond donors (Lipinski definition) is 2. The van der Waals surface area contributed by atoms with E-state index in [1.165, 1.54) is 27.8 Å². The first-order valence-electron chi connectivity index (χ1n) is 9.37. The number of aliphatic hydroxyl groups is 1. The van der Waals surface area contributed by atoms with E-state index in [2.05, 4.69) is 66.5 Å². The number of fused-ring (bicyclic) bond motifs is 3. The van der Waals surface area contributed by atoms with E-state index in [9.17, 15) is 5.11 Å². The molecule has 0 amide bonds. The van der Waals surface area contributed by atoms with Gasteiger partial charge < -0.3 is 10.4 Å². The molecule has 1 fully saturated rings. The molecule has 3 nitrogen and oxygen atoms in total. The second-order valence-electron chi connectivity index (χ2n) is 8.09. The van der Waals surface area contributed by atoms with Crippen LogP contribution in [0.4, 0.5) is 0 Å². The van der Waals surface area contributed by atoms with Crippen LogP contribution in [-0.4, -0.2) is 42.8 Å². The Morgan fingerprint density at radius 1 is 1.04 bits per heavy atom. The van der Waals surface area contributed by atoms with Gasteiger partial charge in [0, 0.05) is 44.2 Å². The van der Waals surface area contributed by atoms with Gasteiger partial charge in [-0.2, -0.15) is 0 Å². The molecule has 0 aromatic heterocycles. The smallest absolute Gasteiger partial charge is 0.0500 e. The van der Waals surface area contributed by atoms with E-state index in [0.29, 0.717) is 0 Å². The summed E-state index contributed by atoms with van der Waals surface area (Å²) in [6, 6.07) is 15.9. The van der Waals surface area contributed by atoms with Crippen molar-refractivity contribution >= 4 is 12.4 Å². The van der Waals surface area contributed by atoms with Crippen LogP contribution in [0.3, 0.4) is 0 Å². The van der Waals surface area contributed by atoms with Crippen molar-refractivity contribution in [1.82, 2.24) is 10.2 Å². The molecule has 1 aliphatic heterocycles. The van der Waals surface area contributed by atoms with Crippen LogP contribution in [0, 0.1) is 5.41 Å². The van der Waals surface area contributed by atoms with E-state index in [-0.39, 0.29) is 30.5 Å². The number of nitrogens with zero attached hydrogens (tertiary/aromatic N) is 1. The Balaban J connectivity index is 0.00000196. The van der Waals surface area contributed by atoms with E-state index in [0.717, 1.165) is 32.6 Å². The lowest BCUT2D eigenvalue weighted by atomic mass is 9.79. The fourth-order valence-electron chi connectivity index (χ4n) is 4.52. The van der Waals surface area contributed by atoms with Gasteiger partial charge in [-0.05, 0) is 34.2 Å². The van der Waals surface area contributed by atoms with E-state index in [1.807, 2.05) is 0 Å². The van der Waals surface area contributed by atoms with Crippen LogP contribution < -0.4 is 5.32 Å². The van der Waals surface area contributed by atoms with Crippen LogP contribution in [0.1, 0.15) is 36.6 Å². The number of nitrogens with one attached hydrogen (secondary N) is 1. The SMILES string of the molecule is CC(C)(CO)[C@H](c1ccc2c(c1)Cc1ccccc1-2)N1CCNCC1.Cl. The average Bonchev–Trinajstić information content (AvgIpc) is 3.00. The van der Waals surface area contributed by atoms with E-state index < -0.39 is 0 Å². The van der Waals surface area contributed by atoms with Crippen molar-refractivity contribution in [2.75, 3.05) is 32.8 Å². The predicted octanol–water partition coefficient (Wildman–Crippen LogP) is 3.64. The zero-order chi connectivity index (χ0) is 17.4. The number of hydrogen-bond acceptors (Lipinski definition) is 3. The zero-order valence-corrected chi connectivity index (χ0v) is 16.5. The summed E-state index contributed by atoms with van der Waals surface area (Å²) in [5, 5.41) is 13.5. The Morgan fingerprint density at radius 2 is 1.73 bits per heavy atom. The summed E-state index contributed by atoms with van der Waals surface area (Å²) in [5.41, 5.74) is 6.77. The molecular weight excluding hydrogens is 344 g/mol. The van der Waals surface area contributed by atoms with E-state index in [4.69, 9.17) is 0 Å². The molecule has 2 aliphatic rings. The Morgan fingerprint density at radius 3 is 2.46 bits per heavy atom. The fourth-order valence-corrected chi connectivity index (χ4v) is 4.52. The number of benzene rings is 2. The molecule has 4 heteroatoms. The molecule has 0 bridgehead atoms. The largest absolute Gasteiger partial charge is 0.396 e. The molecule has 1 atom stereocenters. The molecule has 0 unspecified atom stereocenters. The first kappa shape index (κ1) is 19.4. The number of piperazine rings is 1. The van der Waals surface area contributed by atoms with Gasteiger partial charge in [0.1, 0.15) is 0 Å². The van der Waals surface area contributed by atoms with E-state index in [1.54, 1.807) is 0 Å². The van der Waals surface area contributed by atoms with Crippen LogP contribution >= 0.6 is 12.4 Å². The van der Waals surface area contributed by atoms with Gasteiger partial charge in [0.15, 0.2) is 0 Å². The molecule has 2 aromatic carbocycles. The number of halogens is 1. The van der Waals surface area contributed by atoms with Crippen molar-refractivity contribution in [3.8, 4) is 11.1 Å². The second-order valence-corrected chi connectivity index (χ2v) is 8.09. The normalized spacial score (nSPS) is 18.0. The topological polar surface area (TPSA) is 35.5 Å². The second kappa shape index (κ2) is 7.69. The van der Waals surface area contributed by atoms with Gasteiger partial charge in [0.25, 0.3) is 0 Å². The summed E-state index contributed by atoms with van der Waals surface area (Å²) in [7, 11) is 0. The van der Waals surface area contributed by atoms with Crippen LogP contribution in [-0.2, 0) is 6.42 Å². The summed E-state index contributed by atoms with van der Waals surface area (Å²) in [6.45, 7) is 8.67. The van der Waals surface area contributed by atoms with Gasteiger partial charge >= 0.3 is 0 Å². The lowest BCUT2D eigenvalue weighted by Crippen LogP contribution is -2.49. The maximum Gasteiger partial charge on any atom is 0.0500 e. The molecule has 1 saturated heterocycles. The summed E-state index contributed by atoms with van der Waals surface area (Å²) in [6.07, 6.45) is 1.02. The summed E-state index contributed by atoms with van der Waals surface area (Å²) in [4.78, 5) is 2.54. The van der Waals surface area contributed by atoms with Gasteiger partial charge in [0.05, 0.1) is 0 Å². The summed E-state index contributed by atoms with van der Waals surface area (Å²) < 4.78 is 0. The highest BCUT2D eigenvalue weighted by molar-refractivity contribution is 5.85. The molecule has 0 spiro atoms. The molecule has 1 aliphatic carbocycles. The maximum absolute atomic E-state index is 10.0. The predicted molar refractivity (Wildman–Crippen MR) is 110 cm³/mol. The Bertz CT molecular complexity index is 768. The zero-order valence-electron chi connectivity index (χ0n) is 15.7. The molecule has 2 aromatic rings. The van der Waals surface area contributed by atoms with Gasteiger partial charge in [-0.25, -0.2) is 0 Å². The van der Waals surface area contributed by atoms with Crippen molar-refractivity contribution in [2.45, 2.75) is 26.3 Å². The highest BCUT2D eigenvalue weighted by atomic mass is 35.5. The Kier molecular flexibility index (Phi) is 5.73.